The van der Waals surface area contributed by atoms with Gasteiger partial charge in [-0.3, -0.25) is 10.1 Å². The van der Waals surface area contributed by atoms with Crippen molar-refractivity contribution in [3.63, 3.8) is 0 Å². The fourth-order valence-corrected chi connectivity index (χ4v) is 4.00. The molecule has 0 N–H and O–H groups in total. The summed E-state index contributed by atoms with van der Waals surface area (Å²) in [5.41, 5.74) is 0.549. The fraction of sp³-hybridized carbons (Fsp3) is 0.0667. The van der Waals surface area contributed by atoms with E-state index in [1.165, 1.54) is 24.4 Å². The van der Waals surface area contributed by atoms with Crippen molar-refractivity contribution >= 4 is 38.2 Å². The van der Waals surface area contributed by atoms with Crippen LogP contribution in [0.1, 0.15) is 5.56 Å². The Morgan fingerprint density at radius 3 is 2.42 bits per heavy atom. The Morgan fingerprint density at radius 2 is 1.83 bits per heavy atom. The molecule has 2 aromatic carbocycles. The lowest BCUT2D eigenvalue weighted by molar-refractivity contribution is -0.384. The van der Waals surface area contributed by atoms with Crippen LogP contribution < -0.4 is 0 Å². The number of hydrogen-bond donors (Lipinski definition) is 0. The molecule has 1 aromatic heterocycles. The number of hydrogen-bond acceptors (Lipinski definition) is 4. The highest BCUT2D eigenvalue weighted by atomic mass is 35.5. The van der Waals surface area contributed by atoms with Gasteiger partial charge >= 0.3 is 0 Å². The fourth-order valence-electron chi connectivity index (χ4n) is 2.39. The summed E-state index contributed by atoms with van der Waals surface area (Å²) in [4.78, 5) is 10.3. The molecule has 0 amide bonds. The number of alkyl halides is 1. The second-order valence-corrected chi connectivity index (χ2v) is 7.08. The Labute approximate surface area is 141 Å². The van der Waals surface area contributed by atoms with Gasteiger partial charge in [0.1, 0.15) is 5.82 Å². The summed E-state index contributed by atoms with van der Waals surface area (Å²) in [5.74, 6) is -0.563. The Kier molecular flexibility index (Phi) is 4.02. The third-order valence-corrected chi connectivity index (χ3v) is 5.54. The standard InChI is InChI=1S/C15H10ClFN2O4S/c16-8-10-9-18(15-6-3-12(19(20)21)7-14(10)15)24(22,23)13-4-1-11(17)2-5-13/h1-7,9H,8H2. The molecule has 0 saturated carbocycles. The van der Waals surface area contributed by atoms with Crippen LogP contribution in [-0.2, 0) is 15.9 Å². The molecule has 0 fully saturated rings. The molecule has 6 nitrogen and oxygen atoms in total. The molecule has 0 aliphatic heterocycles. The molecule has 0 aliphatic carbocycles. The number of nitrogens with zero attached hydrogens (tertiary/aromatic N) is 2. The van der Waals surface area contributed by atoms with Crippen molar-refractivity contribution in [1.82, 2.24) is 3.97 Å². The highest BCUT2D eigenvalue weighted by Crippen LogP contribution is 2.30. The molecule has 3 aromatic rings. The molecule has 0 saturated heterocycles. The maximum atomic E-state index is 13.0. The van der Waals surface area contributed by atoms with Crippen molar-refractivity contribution in [2.45, 2.75) is 10.8 Å². The first-order chi connectivity index (χ1) is 11.3. The first-order valence-corrected chi connectivity index (χ1v) is 8.67. The van der Waals surface area contributed by atoms with E-state index in [0.29, 0.717) is 10.9 Å². The lowest BCUT2D eigenvalue weighted by Crippen LogP contribution is -2.11. The predicted molar refractivity (Wildman–Crippen MR) is 87.1 cm³/mol. The number of fused-ring (bicyclic) bond motifs is 1. The number of nitro benzene ring substituents is 1. The third kappa shape index (κ3) is 2.63. The molecule has 0 aliphatic rings. The van der Waals surface area contributed by atoms with Gasteiger partial charge < -0.3 is 0 Å². The number of aromatic nitrogens is 1. The molecular formula is C15H10ClFN2O4S. The summed E-state index contributed by atoms with van der Waals surface area (Å²) < 4.78 is 39.6. The molecule has 9 heteroatoms. The lowest BCUT2D eigenvalue weighted by atomic mass is 10.2. The summed E-state index contributed by atoms with van der Waals surface area (Å²) in [6.07, 6.45) is 1.32. The van der Waals surface area contributed by atoms with Crippen molar-refractivity contribution in [2.24, 2.45) is 0 Å². The maximum Gasteiger partial charge on any atom is 0.270 e. The van der Waals surface area contributed by atoms with Crippen LogP contribution in [0.25, 0.3) is 10.9 Å². The van der Waals surface area contributed by atoms with Gasteiger partial charge in [-0.05, 0) is 35.9 Å². The number of rotatable bonds is 4. The lowest BCUT2D eigenvalue weighted by Gasteiger charge is -2.07. The van der Waals surface area contributed by atoms with Crippen molar-refractivity contribution in [2.75, 3.05) is 0 Å². The van der Waals surface area contributed by atoms with Crippen LogP contribution in [0.5, 0.6) is 0 Å². The summed E-state index contributed by atoms with van der Waals surface area (Å²) in [7, 11) is -3.98. The van der Waals surface area contributed by atoms with E-state index < -0.39 is 20.8 Å². The second kappa shape index (κ2) is 5.88. The zero-order valence-corrected chi connectivity index (χ0v) is 13.6. The topological polar surface area (TPSA) is 82.2 Å². The first-order valence-electron chi connectivity index (χ1n) is 6.70. The average molecular weight is 369 g/mol. The van der Waals surface area contributed by atoms with E-state index in [2.05, 4.69) is 0 Å². The van der Waals surface area contributed by atoms with Crippen LogP contribution in [0.3, 0.4) is 0 Å². The molecular weight excluding hydrogens is 359 g/mol. The summed E-state index contributed by atoms with van der Waals surface area (Å²) in [6, 6.07) is 8.26. The van der Waals surface area contributed by atoms with E-state index in [1.807, 2.05) is 0 Å². The predicted octanol–water partition coefficient (Wildman–Crippen LogP) is 3.66. The Morgan fingerprint density at radius 1 is 1.17 bits per heavy atom. The van der Waals surface area contributed by atoms with Gasteiger partial charge in [0.15, 0.2) is 0 Å². The third-order valence-electron chi connectivity index (χ3n) is 3.56. The van der Waals surface area contributed by atoms with Crippen LogP contribution in [0, 0.1) is 15.9 Å². The molecule has 0 spiro atoms. The van der Waals surface area contributed by atoms with Crippen LogP contribution in [0.15, 0.2) is 53.6 Å². The van der Waals surface area contributed by atoms with E-state index in [-0.39, 0.29) is 22.0 Å². The van der Waals surface area contributed by atoms with E-state index in [4.69, 9.17) is 11.6 Å². The first kappa shape index (κ1) is 16.4. The van der Waals surface area contributed by atoms with Crippen LogP contribution >= 0.6 is 11.6 Å². The largest absolute Gasteiger partial charge is 0.270 e. The van der Waals surface area contributed by atoms with Gasteiger partial charge in [-0.15, -0.1) is 11.6 Å². The Balaban J connectivity index is 2.26. The van der Waals surface area contributed by atoms with Gasteiger partial charge in [0, 0.05) is 29.6 Å². The number of non-ortho nitro benzene ring substituents is 1. The van der Waals surface area contributed by atoms with Gasteiger partial charge in [-0.2, -0.15) is 0 Å². The molecule has 0 unspecified atom stereocenters. The highest BCUT2D eigenvalue weighted by molar-refractivity contribution is 7.90. The average Bonchev–Trinajstić information content (AvgIpc) is 2.93. The molecule has 0 bridgehead atoms. The van der Waals surface area contributed by atoms with E-state index >= 15 is 0 Å². The second-order valence-electron chi connectivity index (χ2n) is 5.00. The SMILES string of the molecule is O=[N+]([O-])c1ccc2c(c1)c(CCl)cn2S(=O)(=O)c1ccc(F)cc1. The zero-order valence-electron chi connectivity index (χ0n) is 12.0. The van der Waals surface area contributed by atoms with Crippen LogP contribution in [-0.4, -0.2) is 17.3 Å². The number of nitro groups is 1. The number of benzene rings is 2. The minimum atomic E-state index is -3.98. The van der Waals surface area contributed by atoms with Crippen molar-refractivity contribution in [3.05, 3.63) is 70.2 Å². The molecule has 124 valence electrons. The zero-order chi connectivity index (χ0) is 17.5. The van der Waals surface area contributed by atoms with E-state index in [1.54, 1.807) is 0 Å². The molecule has 3 rings (SSSR count). The van der Waals surface area contributed by atoms with Crippen molar-refractivity contribution < 1.29 is 17.7 Å². The number of halogens is 2. The summed E-state index contributed by atoms with van der Waals surface area (Å²) in [6.45, 7) is 0. The molecule has 0 radical (unpaired) electrons. The van der Waals surface area contributed by atoms with E-state index in [0.717, 1.165) is 28.2 Å². The highest BCUT2D eigenvalue weighted by Gasteiger charge is 2.22. The van der Waals surface area contributed by atoms with Gasteiger partial charge in [0.2, 0.25) is 0 Å². The molecule has 1 heterocycles. The minimum Gasteiger partial charge on any atom is -0.258 e. The van der Waals surface area contributed by atoms with Gasteiger partial charge in [0.25, 0.3) is 15.7 Å². The van der Waals surface area contributed by atoms with Gasteiger partial charge in [-0.1, -0.05) is 0 Å². The van der Waals surface area contributed by atoms with Crippen molar-refractivity contribution in [3.8, 4) is 0 Å². The van der Waals surface area contributed by atoms with Gasteiger partial charge in [0.05, 0.1) is 15.3 Å². The van der Waals surface area contributed by atoms with Crippen LogP contribution in [0.2, 0.25) is 0 Å². The maximum absolute atomic E-state index is 13.0. The quantitative estimate of drug-likeness (QED) is 0.399. The van der Waals surface area contributed by atoms with Gasteiger partial charge in [-0.25, -0.2) is 16.8 Å². The Bertz CT molecular complexity index is 1050. The van der Waals surface area contributed by atoms with Crippen LogP contribution in [0.4, 0.5) is 10.1 Å². The monoisotopic (exact) mass is 368 g/mol. The van der Waals surface area contributed by atoms with Crippen molar-refractivity contribution in [1.29, 1.82) is 0 Å². The summed E-state index contributed by atoms with van der Waals surface area (Å²) in [5, 5.41) is 11.3. The minimum absolute atomic E-state index is 0.0103. The molecule has 0 atom stereocenters. The Hall–Kier alpha value is -2.45. The van der Waals surface area contributed by atoms with E-state index in [9.17, 15) is 22.9 Å². The smallest absolute Gasteiger partial charge is 0.258 e. The molecule has 24 heavy (non-hydrogen) atoms. The normalized spacial score (nSPS) is 11.8. The summed E-state index contributed by atoms with van der Waals surface area (Å²) >= 11 is 5.84.